The third-order valence-corrected chi connectivity index (χ3v) is 11.1. The van der Waals surface area contributed by atoms with Gasteiger partial charge in [-0.15, -0.1) is 23.2 Å². The number of carbonyl (C=O) groups is 5. The summed E-state index contributed by atoms with van der Waals surface area (Å²) in [5.41, 5.74) is 6.81. The van der Waals surface area contributed by atoms with E-state index < -0.39 is 68.9 Å². The van der Waals surface area contributed by atoms with Crippen molar-refractivity contribution in [1.82, 2.24) is 4.90 Å². The second kappa shape index (κ2) is 10.9. The van der Waals surface area contributed by atoms with Crippen LogP contribution in [0.25, 0.3) is 0 Å². The minimum absolute atomic E-state index is 0.00640. The topological polar surface area (TPSA) is 147 Å². The molecule has 3 aromatic carbocycles. The second-order valence-electron chi connectivity index (χ2n) is 12.1. The number of phenolic OH excluding ortho intramolecular Hbond substituents is 1. The molecule has 2 aliphatic carbocycles. The number of hydrogen-bond donors (Lipinski definition) is 2. The monoisotopic (exact) mass is 677 g/mol. The van der Waals surface area contributed by atoms with Gasteiger partial charge in [-0.2, -0.15) is 4.90 Å². The van der Waals surface area contributed by atoms with Gasteiger partial charge < -0.3 is 15.6 Å². The molecule has 4 aliphatic rings. The number of amides is 6. The molecule has 0 aromatic heterocycles. The first-order valence-electron chi connectivity index (χ1n) is 14.8. The van der Waals surface area contributed by atoms with Crippen LogP contribution in [0.3, 0.4) is 0 Å². The van der Waals surface area contributed by atoms with E-state index in [1.807, 2.05) is 30.3 Å². The van der Waals surface area contributed by atoms with Gasteiger partial charge in [-0.05, 0) is 54.7 Å². The van der Waals surface area contributed by atoms with E-state index in [0.717, 1.165) is 22.6 Å². The third-order valence-electron chi connectivity index (χ3n) is 9.68. The lowest BCUT2D eigenvalue weighted by atomic mass is 9.56. The molecular weight excluding hydrogens is 652 g/mol. The number of urea groups is 1. The number of ether oxygens (including phenoxy) is 1. The Bertz CT molecular complexity index is 1900. The lowest BCUT2D eigenvalue weighted by Crippen LogP contribution is -2.60. The van der Waals surface area contributed by atoms with Crippen LogP contribution in [0.2, 0.25) is 0 Å². The van der Waals surface area contributed by atoms with Crippen molar-refractivity contribution in [2.75, 3.05) is 4.90 Å². The zero-order chi connectivity index (χ0) is 33.4. The van der Waals surface area contributed by atoms with Gasteiger partial charge >= 0.3 is 6.03 Å². The number of primary amides is 1. The number of rotatable bonds is 5. The SMILES string of the molecule is NC(=O)N1C(=O)[C@H]2[C@H](CC=C3[C@H]2C[C@@]2(Cl)C(=O)N(c4ccc(F)cc4)C(=O)[C@@]2(Cl)[C@H]3c2ccc(OCc3ccccc3)cc2O)C1=O. The van der Waals surface area contributed by atoms with E-state index in [1.165, 1.54) is 24.3 Å². The number of alkyl halides is 2. The minimum Gasteiger partial charge on any atom is -0.508 e. The molecule has 0 unspecified atom stereocenters. The normalized spacial score (nSPS) is 29.7. The molecule has 10 nitrogen and oxygen atoms in total. The maximum absolute atomic E-state index is 14.4. The van der Waals surface area contributed by atoms with Crippen molar-refractivity contribution in [3.8, 4) is 11.5 Å². The molecule has 1 saturated carbocycles. The first-order valence-corrected chi connectivity index (χ1v) is 15.5. The summed E-state index contributed by atoms with van der Waals surface area (Å²) in [7, 11) is 0. The molecule has 3 fully saturated rings. The van der Waals surface area contributed by atoms with Crippen molar-refractivity contribution >= 4 is 58.5 Å². The number of benzene rings is 3. The fraction of sp³-hybridized carbons (Fsp3) is 0.265. The number of hydrogen-bond acceptors (Lipinski definition) is 7. The highest BCUT2D eigenvalue weighted by atomic mass is 35.5. The van der Waals surface area contributed by atoms with Gasteiger partial charge in [0.25, 0.3) is 11.8 Å². The molecule has 13 heteroatoms. The number of phenols is 1. The minimum atomic E-state index is -2.24. The molecule has 6 amide bonds. The number of fused-ring (bicyclic) bond motifs is 4. The fourth-order valence-corrected chi connectivity index (χ4v) is 8.49. The van der Waals surface area contributed by atoms with Crippen LogP contribution in [-0.4, -0.2) is 49.4 Å². The van der Waals surface area contributed by atoms with Gasteiger partial charge in [0, 0.05) is 17.5 Å². The second-order valence-corrected chi connectivity index (χ2v) is 13.3. The smallest absolute Gasteiger partial charge is 0.328 e. The Labute approximate surface area is 277 Å². The van der Waals surface area contributed by atoms with Crippen molar-refractivity contribution in [1.29, 1.82) is 0 Å². The molecular formula is C34H26Cl2FN3O7. The van der Waals surface area contributed by atoms with Gasteiger partial charge in [-0.1, -0.05) is 48.0 Å². The number of allylic oxidation sites excluding steroid dienone is 2. The van der Waals surface area contributed by atoms with Crippen LogP contribution < -0.4 is 15.4 Å². The molecule has 0 spiro atoms. The Hall–Kier alpha value is -4.74. The van der Waals surface area contributed by atoms with E-state index in [0.29, 0.717) is 16.2 Å². The molecule has 7 rings (SSSR count). The Morgan fingerprint density at radius 2 is 1.66 bits per heavy atom. The van der Waals surface area contributed by atoms with E-state index in [-0.39, 0.29) is 36.4 Å². The molecule has 0 radical (unpaired) electrons. The van der Waals surface area contributed by atoms with E-state index in [4.69, 9.17) is 33.7 Å². The molecule has 0 bridgehead atoms. The first kappa shape index (κ1) is 30.9. The quantitative estimate of drug-likeness (QED) is 0.225. The summed E-state index contributed by atoms with van der Waals surface area (Å²) in [5.74, 6) is -8.37. The van der Waals surface area contributed by atoms with Gasteiger partial charge in [-0.25, -0.2) is 14.1 Å². The maximum Gasteiger partial charge on any atom is 0.328 e. The van der Waals surface area contributed by atoms with Gasteiger partial charge in [-0.3, -0.25) is 19.2 Å². The predicted octanol–water partition coefficient (Wildman–Crippen LogP) is 4.75. The number of aromatic hydroxyl groups is 1. The van der Waals surface area contributed by atoms with Crippen LogP contribution in [0.15, 0.2) is 84.4 Å². The Morgan fingerprint density at radius 1 is 0.957 bits per heavy atom. The van der Waals surface area contributed by atoms with Crippen molar-refractivity contribution in [3.05, 3.63) is 101 Å². The summed E-state index contributed by atoms with van der Waals surface area (Å²) in [6.45, 7) is 0.204. The number of nitrogens with two attached hydrogens (primary N) is 1. The van der Waals surface area contributed by atoms with Gasteiger partial charge in [0.1, 0.15) is 23.9 Å². The average molecular weight is 679 g/mol. The molecule has 2 saturated heterocycles. The highest BCUT2D eigenvalue weighted by Crippen LogP contribution is 2.66. The largest absolute Gasteiger partial charge is 0.508 e. The van der Waals surface area contributed by atoms with Crippen LogP contribution in [-0.2, 0) is 25.8 Å². The number of nitrogens with zero attached hydrogens (tertiary/aromatic N) is 2. The maximum atomic E-state index is 14.4. The van der Waals surface area contributed by atoms with E-state index in [9.17, 15) is 33.5 Å². The number of halogens is 3. The molecule has 3 N–H and O–H groups in total. The molecule has 240 valence electrons. The Kier molecular flexibility index (Phi) is 7.18. The van der Waals surface area contributed by atoms with Crippen LogP contribution in [0.1, 0.15) is 29.9 Å². The van der Waals surface area contributed by atoms with Crippen LogP contribution in [0, 0.1) is 23.6 Å². The molecule has 47 heavy (non-hydrogen) atoms. The number of imide groups is 4. The van der Waals surface area contributed by atoms with Crippen LogP contribution >= 0.6 is 23.2 Å². The molecule has 6 atom stereocenters. The summed E-state index contributed by atoms with van der Waals surface area (Å²) in [4.78, 5) is 64.2. The molecule has 2 heterocycles. The lowest BCUT2D eigenvalue weighted by molar-refractivity contribution is -0.136. The average Bonchev–Trinajstić information content (AvgIpc) is 3.39. The predicted molar refractivity (Wildman–Crippen MR) is 167 cm³/mol. The summed E-state index contributed by atoms with van der Waals surface area (Å²) in [6, 6.07) is 17.2. The number of likely N-dealkylation sites (tertiary alicyclic amines) is 1. The Morgan fingerprint density at radius 3 is 2.32 bits per heavy atom. The fourth-order valence-electron chi connectivity index (χ4n) is 7.56. The van der Waals surface area contributed by atoms with Crippen molar-refractivity contribution in [2.24, 2.45) is 23.5 Å². The zero-order valence-electron chi connectivity index (χ0n) is 24.4. The van der Waals surface area contributed by atoms with Crippen molar-refractivity contribution in [2.45, 2.75) is 35.1 Å². The third kappa shape index (κ3) is 4.40. The van der Waals surface area contributed by atoms with Gasteiger partial charge in [0.2, 0.25) is 11.8 Å². The summed E-state index contributed by atoms with van der Waals surface area (Å²) < 4.78 is 19.7. The Balaban J connectivity index is 1.36. The highest BCUT2D eigenvalue weighted by molar-refractivity contribution is 6.58. The molecule has 3 aromatic rings. The van der Waals surface area contributed by atoms with Crippen LogP contribution in [0.5, 0.6) is 11.5 Å². The van der Waals surface area contributed by atoms with Crippen LogP contribution in [0.4, 0.5) is 14.9 Å². The van der Waals surface area contributed by atoms with Gasteiger partial charge in [0.05, 0.1) is 17.5 Å². The zero-order valence-corrected chi connectivity index (χ0v) is 26.0. The van der Waals surface area contributed by atoms with Gasteiger partial charge in [0.15, 0.2) is 9.75 Å². The standard InChI is InChI=1S/C34H26Cl2FN3O7/c35-33-15-24-21(12-13-23-26(24)29(43)40(28(23)42)32(38)46)27(22-11-10-20(14-25(22)41)47-16-17-4-2-1-3-5-17)34(33,36)31(45)39(30(33)44)19-8-6-18(37)7-9-19/h1-12,14,23-24,26-27,41H,13,15-16H2,(H2,38,46)/t23-,24+,26-,27+,33+,34-/m0/s1. The summed E-state index contributed by atoms with van der Waals surface area (Å²) >= 11 is 14.6. The summed E-state index contributed by atoms with van der Waals surface area (Å²) in [5, 5.41) is 11.5. The van der Waals surface area contributed by atoms with Crippen molar-refractivity contribution < 1.29 is 38.2 Å². The van der Waals surface area contributed by atoms with E-state index in [1.54, 1.807) is 12.1 Å². The molecule has 2 aliphatic heterocycles. The van der Waals surface area contributed by atoms with E-state index in [2.05, 4.69) is 0 Å². The lowest BCUT2D eigenvalue weighted by Gasteiger charge is -2.50. The van der Waals surface area contributed by atoms with E-state index >= 15 is 0 Å². The highest BCUT2D eigenvalue weighted by Gasteiger charge is 2.77. The number of carbonyl (C=O) groups excluding carboxylic acids is 5. The first-order chi connectivity index (χ1) is 22.4. The van der Waals surface area contributed by atoms with Crippen molar-refractivity contribution in [3.63, 3.8) is 0 Å². The number of anilines is 1. The summed E-state index contributed by atoms with van der Waals surface area (Å²) in [6.07, 6.45) is 1.31.